The van der Waals surface area contributed by atoms with Gasteiger partial charge in [-0.1, -0.05) is 6.07 Å². The van der Waals surface area contributed by atoms with Crippen molar-refractivity contribution in [1.29, 1.82) is 0 Å². The zero-order valence-corrected chi connectivity index (χ0v) is 14.8. The normalized spacial score (nSPS) is 11.8. The van der Waals surface area contributed by atoms with Crippen molar-refractivity contribution in [2.24, 2.45) is 7.05 Å². The van der Waals surface area contributed by atoms with E-state index in [-0.39, 0.29) is 11.8 Å². The maximum absolute atomic E-state index is 12.4. The van der Waals surface area contributed by atoms with E-state index in [1.807, 2.05) is 13.1 Å². The van der Waals surface area contributed by atoms with Gasteiger partial charge in [0, 0.05) is 30.8 Å². The van der Waals surface area contributed by atoms with Crippen LogP contribution in [0.15, 0.2) is 48.9 Å². The number of anilines is 2. The zero-order valence-electron chi connectivity index (χ0n) is 14.8. The molecule has 0 fully saturated rings. The highest BCUT2D eigenvalue weighted by Crippen LogP contribution is 2.17. The zero-order chi connectivity index (χ0) is 18.7. The van der Waals surface area contributed by atoms with E-state index in [0.29, 0.717) is 17.1 Å². The molecule has 1 aromatic carbocycles. The van der Waals surface area contributed by atoms with Crippen LogP contribution in [0, 0.1) is 6.92 Å². The largest absolute Gasteiger partial charge is 0.324 e. The lowest BCUT2D eigenvalue weighted by Crippen LogP contribution is -2.24. The monoisotopic (exact) mass is 352 g/mol. The summed E-state index contributed by atoms with van der Waals surface area (Å²) in [4.78, 5) is 24.6. The van der Waals surface area contributed by atoms with E-state index in [1.165, 1.54) is 0 Å². The predicted octanol–water partition coefficient (Wildman–Crippen LogP) is 2.38. The Morgan fingerprint density at radius 1 is 1.15 bits per heavy atom. The Balaban J connectivity index is 1.67. The molecule has 0 saturated carbocycles. The number of aryl methyl sites for hydroxylation is 2. The molecule has 134 valence electrons. The van der Waals surface area contributed by atoms with Gasteiger partial charge in [0.15, 0.2) is 5.69 Å². The average Bonchev–Trinajstić information content (AvgIpc) is 3.23. The van der Waals surface area contributed by atoms with Gasteiger partial charge in [-0.05, 0) is 43.7 Å². The Morgan fingerprint density at radius 3 is 2.50 bits per heavy atom. The Kier molecular flexibility index (Phi) is 4.83. The van der Waals surface area contributed by atoms with E-state index in [4.69, 9.17) is 0 Å². The molecule has 8 heteroatoms. The lowest BCUT2D eigenvalue weighted by molar-refractivity contribution is -0.119. The predicted molar refractivity (Wildman–Crippen MR) is 97.9 cm³/mol. The molecule has 1 unspecified atom stereocenters. The quantitative estimate of drug-likeness (QED) is 0.737. The maximum atomic E-state index is 12.4. The van der Waals surface area contributed by atoms with Gasteiger partial charge in [0.2, 0.25) is 5.91 Å². The summed E-state index contributed by atoms with van der Waals surface area (Å²) in [6.07, 6.45) is 5.22. The van der Waals surface area contributed by atoms with E-state index in [0.717, 1.165) is 5.56 Å². The highest BCUT2D eigenvalue weighted by Gasteiger charge is 2.16. The lowest BCUT2D eigenvalue weighted by Gasteiger charge is -2.13. The van der Waals surface area contributed by atoms with E-state index in [2.05, 4.69) is 20.8 Å². The number of hydrogen-bond donors (Lipinski definition) is 2. The molecule has 0 saturated heterocycles. The summed E-state index contributed by atoms with van der Waals surface area (Å²) in [7, 11) is 1.75. The van der Waals surface area contributed by atoms with Crippen molar-refractivity contribution in [3.05, 3.63) is 60.2 Å². The second kappa shape index (κ2) is 7.22. The summed E-state index contributed by atoms with van der Waals surface area (Å²) in [6, 6.07) is 8.14. The SMILES string of the molecule is Cc1cnn(C(C)C(=O)Nc2cccc(NC(=O)c3ccn(C)n3)c2)c1. The van der Waals surface area contributed by atoms with Gasteiger partial charge in [-0.15, -0.1) is 0 Å². The summed E-state index contributed by atoms with van der Waals surface area (Å²) >= 11 is 0. The molecule has 3 rings (SSSR count). The first-order chi connectivity index (χ1) is 12.4. The van der Waals surface area contributed by atoms with Crippen LogP contribution in [-0.2, 0) is 11.8 Å². The van der Waals surface area contributed by atoms with Crippen LogP contribution < -0.4 is 10.6 Å². The Labute approximate surface area is 150 Å². The molecule has 2 N–H and O–H groups in total. The number of nitrogens with zero attached hydrogens (tertiary/aromatic N) is 4. The molecule has 2 amide bonds. The maximum Gasteiger partial charge on any atom is 0.276 e. The molecule has 0 aliphatic heterocycles. The van der Waals surface area contributed by atoms with Crippen molar-refractivity contribution in [3.8, 4) is 0 Å². The first kappa shape index (κ1) is 17.4. The summed E-state index contributed by atoms with van der Waals surface area (Å²) in [5, 5.41) is 13.8. The van der Waals surface area contributed by atoms with Crippen molar-refractivity contribution in [2.45, 2.75) is 19.9 Å². The smallest absolute Gasteiger partial charge is 0.276 e. The van der Waals surface area contributed by atoms with Crippen LogP contribution in [0.5, 0.6) is 0 Å². The summed E-state index contributed by atoms with van der Waals surface area (Å²) in [5.74, 6) is -0.504. The molecule has 8 nitrogen and oxygen atoms in total. The van der Waals surface area contributed by atoms with Crippen LogP contribution in [0.1, 0.15) is 29.0 Å². The molecule has 3 aromatic rings. The second-order valence-electron chi connectivity index (χ2n) is 6.07. The number of aromatic nitrogens is 4. The van der Waals surface area contributed by atoms with Gasteiger partial charge in [-0.2, -0.15) is 10.2 Å². The molecule has 0 radical (unpaired) electrons. The Morgan fingerprint density at radius 2 is 1.88 bits per heavy atom. The number of carbonyl (C=O) groups excluding carboxylic acids is 2. The van der Waals surface area contributed by atoms with Gasteiger partial charge in [0.1, 0.15) is 6.04 Å². The summed E-state index contributed by atoms with van der Waals surface area (Å²) in [6.45, 7) is 3.69. The van der Waals surface area contributed by atoms with E-state index < -0.39 is 6.04 Å². The second-order valence-corrected chi connectivity index (χ2v) is 6.07. The van der Waals surface area contributed by atoms with Gasteiger partial charge in [0.25, 0.3) is 5.91 Å². The number of nitrogens with one attached hydrogen (secondary N) is 2. The van der Waals surface area contributed by atoms with Gasteiger partial charge >= 0.3 is 0 Å². The number of amides is 2. The number of benzene rings is 1. The first-order valence-electron chi connectivity index (χ1n) is 8.15. The third-order valence-electron chi connectivity index (χ3n) is 3.84. The van der Waals surface area contributed by atoms with Crippen molar-refractivity contribution < 1.29 is 9.59 Å². The van der Waals surface area contributed by atoms with Crippen LogP contribution in [0.3, 0.4) is 0 Å². The minimum Gasteiger partial charge on any atom is -0.324 e. The summed E-state index contributed by atoms with van der Waals surface area (Å²) in [5.41, 5.74) is 2.47. The van der Waals surface area contributed by atoms with Gasteiger partial charge in [-0.3, -0.25) is 19.0 Å². The van der Waals surface area contributed by atoms with Crippen molar-refractivity contribution in [2.75, 3.05) is 10.6 Å². The average molecular weight is 352 g/mol. The van der Waals surface area contributed by atoms with Gasteiger partial charge in [0.05, 0.1) is 6.20 Å². The standard InChI is InChI=1S/C18H20N6O2/c1-12-10-19-24(11-12)13(2)17(25)20-14-5-4-6-15(9-14)21-18(26)16-7-8-23(3)22-16/h4-11,13H,1-3H3,(H,20,25)(H,21,26). The molecule has 0 bridgehead atoms. The van der Waals surface area contributed by atoms with Gasteiger partial charge < -0.3 is 10.6 Å². The lowest BCUT2D eigenvalue weighted by atomic mass is 10.2. The third-order valence-corrected chi connectivity index (χ3v) is 3.84. The number of rotatable bonds is 5. The first-order valence-corrected chi connectivity index (χ1v) is 8.15. The number of hydrogen-bond acceptors (Lipinski definition) is 4. The third kappa shape index (κ3) is 3.97. The van der Waals surface area contributed by atoms with Gasteiger partial charge in [-0.25, -0.2) is 0 Å². The van der Waals surface area contributed by atoms with E-state index in [9.17, 15) is 9.59 Å². The molecular weight excluding hydrogens is 332 g/mol. The van der Waals surface area contributed by atoms with Crippen molar-refractivity contribution >= 4 is 23.2 Å². The topological polar surface area (TPSA) is 93.8 Å². The number of carbonyl (C=O) groups is 2. The molecule has 2 aromatic heterocycles. The fourth-order valence-electron chi connectivity index (χ4n) is 2.42. The van der Waals surface area contributed by atoms with Crippen molar-refractivity contribution in [3.63, 3.8) is 0 Å². The van der Waals surface area contributed by atoms with Crippen LogP contribution in [-0.4, -0.2) is 31.4 Å². The van der Waals surface area contributed by atoms with E-state index in [1.54, 1.807) is 66.1 Å². The molecule has 26 heavy (non-hydrogen) atoms. The Bertz CT molecular complexity index is 943. The minimum absolute atomic E-state index is 0.193. The summed E-state index contributed by atoms with van der Waals surface area (Å²) < 4.78 is 3.17. The highest BCUT2D eigenvalue weighted by atomic mass is 16.2. The van der Waals surface area contributed by atoms with Crippen LogP contribution in [0.4, 0.5) is 11.4 Å². The molecular formula is C18H20N6O2. The van der Waals surface area contributed by atoms with Crippen molar-refractivity contribution in [1.82, 2.24) is 19.6 Å². The Hall–Kier alpha value is -3.42. The van der Waals surface area contributed by atoms with Crippen LogP contribution in [0.2, 0.25) is 0 Å². The van der Waals surface area contributed by atoms with E-state index >= 15 is 0 Å². The fourth-order valence-corrected chi connectivity index (χ4v) is 2.42. The minimum atomic E-state index is -0.449. The molecule has 0 aliphatic carbocycles. The van der Waals surface area contributed by atoms with Crippen LogP contribution in [0.25, 0.3) is 0 Å². The molecule has 2 heterocycles. The highest BCUT2D eigenvalue weighted by molar-refractivity contribution is 6.03. The molecule has 1 atom stereocenters. The fraction of sp³-hybridized carbons (Fsp3) is 0.222. The molecule has 0 aliphatic rings. The molecule has 0 spiro atoms. The van der Waals surface area contributed by atoms with Crippen LogP contribution >= 0.6 is 0 Å².